The second-order valence-electron chi connectivity index (χ2n) is 4.53. The van der Waals surface area contributed by atoms with Gasteiger partial charge in [0.15, 0.2) is 0 Å². The summed E-state index contributed by atoms with van der Waals surface area (Å²) in [6, 6.07) is 0. The SMILES string of the molecule is CCNc1nc(NCCN(C)CC)nc(N(C)C)n1. The second-order valence-corrected chi connectivity index (χ2v) is 4.53. The average molecular weight is 267 g/mol. The Bertz CT molecular complexity index is 380. The lowest BCUT2D eigenvalue weighted by atomic mass is 10.5. The van der Waals surface area contributed by atoms with Crippen LogP contribution in [-0.2, 0) is 0 Å². The maximum absolute atomic E-state index is 4.37. The van der Waals surface area contributed by atoms with Gasteiger partial charge < -0.3 is 20.4 Å². The lowest BCUT2D eigenvalue weighted by Crippen LogP contribution is -2.25. The Hall–Kier alpha value is -1.63. The summed E-state index contributed by atoms with van der Waals surface area (Å²) in [7, 11) is 5.92. The van der Waals surface area contributed by atoms with E-state index in [-0.39, 0.29) is 0 Å². The first kappa shape index (κ1) is 15.4. The van der Waals surface area contributed by atoms with Crippen molar-refractivity contribution in [1.29, 1.82) is 0 Å². The zero-order valence-electron chi connectivity index (χ0n) is 12.6. The van der Waals surface area contributed by atoms with E-state index in [2.05, 4.69) is 44.5 Å². The van der Waals surface area contributed by atoms with Crippen LogP contribution in [0.15, 0.2) is 0 Å². The number of hydrogen-bond acceptors (Lipinski definition) is 7. The molecule has 0 aliphatic rings. The third kappa shape index (κ3) is 5.25. The molecule has 2 N–H and O–H groups in total. The Morgan fingerprint density at radius 1 is 0.947 bits per heavy atom. The number of hydrogen-bond donors (Lipinski definition) is 2. The van der Waals surface area contributed by atoms with E-state index >= 15 is 0 Å². The van der Waals surface area contributed by atoms with Gasteiger partial charge in [-0.3, -0.25) is 0 Å². The first-order chi connectivity index (χ1) is 9.06. The lowest BCUT2D eigenvalue weighted by molar-refractivity contribution is 0.367. The molecule has 1 aromatic rings. The molecule has 108 valence electrons. The predicted molar refractivity (Wildman–Crippen MR) is 80.0 cm³/mol. The smallest absolute Gasteiger partial charge is 0.231 e. The molecule has 0 fully saturated rings. The van der Waals surface area contributed by atoms with E-state index in [0.29, 0.717) is 17.8 Å². The number of aromatic nitrogens is 3. The fraction of sp³-hybridized carbons (Fsp3) is 0.750. The van der Waals surface area contributed by atoms with Crippen molar-refractivity contribution in [3.63, 3.8) is 0 Å². The number of anilines is 3. The summed E-state index contributed by atoms with van der Waals surface area (Å²) in [5.41, 5.74) is 0. The molecular formula is C12H25N7. The van der Waals surface area contributed by atoms with Gasteiger partial charge in [0.2, 0.25) is 17.8 Å². The normalized spacial score (nSPS) is 10.6. The van der Waals surface area contributed by atoms with Gasteiger partial charge in [-0.25, -0.2) is 0 Å². The Balaban J connectivity index is 2.70. The topological polar surface area (TPSA) is 69.2 Å². The van der Waals surface area contributed by atoms with E-state index in [0.717, 1.165) is 26.2 Å². The van der Waals surface area contributed by atoms with Crippen LogP contribution >= 0.6 is 0 Å². The molecule has 7 heteroatoms. The summed E-state index contributed by atoms with van der Waals surface area (Å²) >= 11 is 0. The van der Waals surface area contributed by atoms with Crippen LogP contribution in [0.5, 0.6) is 0 Å². The van der Waals surface area contributed by atoms with Crippen molar-refractivity contribution in [2.45, 2.75) is 13.8 Å². The van der Waals surface area contributed by atoms with Crippen LogP contribution in [0, 0.1) is 0 Å². The van der Waals surface area contributed by atoms with Crippen molar-refractivity contribution < 1.29 is 0 Å². The molecule has 0 spiro atoms. The van der Waals surface area contributed by atoms with Crippen LogP contribution in [0.25, 0.3) is 0 Å². The molecule has 1 aromatic heterocycles. The van der Waals surface area contributed by atoms with Crippen LogP contribution < -0.4 is 15.5 Å². The first-order valence-electron chi connectivity index (χ1n) is 6.66. The Morgan fingerprint density at radius 2 is 1.58 bits per heavy atom. The van der Waals surface area contributed by atoms with Crippen molar-refractivity contribution in [2.75, 3.05) is 62.9 Å². The second kappa shape index (κ2) is 7.73. The molecule has 0 aliphatic heterocycles. The van der Waals surface area contributed by atoms with Gasteiger partial charge in [-0.05, 0) is 20.5 Å². The minimum Gasteiger partial charge on any atom is -0.354 e. The van der Waals surface area contributed by atoms with Crippen LogP contribution in [0.2, 0.25) is 0 Å². The summed E-state index contributed by atoms with van der Waals surface area (Å²) in [4.78, 5) is 17.1. The molecule has 0 radical (unpaired) electrons. The van der Waals surface area contributed by atoms with E-state index in [9.17, 15) is 0 Å². The van der Waals surface area contributed by atoms with Crippen LogP contribution in [-0.4, -0.2) is 67.2 Å². The summed E-state index contributed by atoms with van der Waals surface area (Å²) in [6.45, 7) is 7.74. The third-order valence-electron chi connectivity index (χ3n) is 2.67. The highest BCUT2D eigenvalue weighted by molar-refractivity contribution is 5.42. The standard InChI is InChI=1S/C12H25N7/c1-6-13-10-15-11(14-8-9-19(5)7-2)17-12(16-10)18(3)4/h6-9H2,1-5H3,(H2,13,14,15,16,17). The molecule has 0 aromatic carbocycles. The van der Waals surface area contributed by atoms with E-state index in [1.807, 2.05) is 25.9 Å². The van der Waals surface area contributed by atoms with Gasteiger partial charge in [-0.2, -0.15) is 15.0 Å². The fourth-order valence-corrected chi connectivity index (χ4v) is 1.40. The van der Waals surface area contributed by atoms with Crippen molar-refractivity contribution in [2.24, 2.45) is 0 Å². The number of nitrogens with zero attached hydrogens (tertiary/aromatic N) is 5. The van der Waals surface area contributed by atoms with Gasteiger partial charge in [0.05, 0.1) is 0 Å². The van der Waals surface area contributed by atoms with Gasteiger partial charge in [-0.15, -0.1) is 0 Å². The maximum atomic E-state index is 4.37. The zero-order valence-corrected chi connectivity index (χ0v) is 12.6. The van der Waals surface area contributed by atoms with Gasteiger partial charge >= 0.3 is 0 Å². The van der Waals surface area contributed by atoms with Crippen molar-refractivity contribution >= 4 is 17.8 Å². The van der Waals surface area contributed by atoms with Crippen molar-refractivity contribution in [3.8, 4) is 0 Å². The van der Waals surface area contributed by atoms with Crippen molar-refractivity contribution in [3.05, 3.63) is 0 Å². The minimum atomic E-state index is 0.604. The average Bonchev–Trinajstić information content (AvgIpc) is 2.38. The van der Waals surface area contributed by atoms with E-state index in [4.69, 9.17) is 0 Å². The van der Waals surface area contributed by atoms with Gasteiger partial charge in [0.25, 0.3) is 0 Å². The molecule has 0 amide bonds. The van der Waals surface area contributed by atoms with Crippen LogP contribution in [0.3, 0.4) is 0 Å². The molecule has 0 aliphatic carbocycles. The number of rotatable bonds is 8. The predicted octanol–water partition coefficient (Wildman–Crippen LogP) is 0.733. The van der Waals surface area contributed by atoms with Gasteiger partial charge in [0, 0.05) is 33.7 Å². The molecule has 0 unspecified atom stereocenters. The monoisotopic (exact) mass is 267 g/mol. The van der Waals surface area contributed by atoms with Gasteiger partial charge in [-0.1, -0.05) is 6.92 Å². The van der Waals surface area contributed by atoms with E-state index in [1.165, 1.54) is 0 Å². The number of likely N-dealkylation sites (N-methyl/N-ethyl adjacent to an activating group) is 1. The summed E-state index contributed by atoms with van der Waals surface area (Å²) in [6.07, 6.45) is 0. The zero-order chi connectivity index (χ0) is 14.3. The highest BCUT2D eigenvalue weighted by atomic mass is 15.3. The lowest BCUT2D eigenvalue weighted by Gasteiger charge is -2.16. The molecule has 0 saturated carbocycles. The van der Waals surface area contributed by atoms with Gasteiger partial charge in [0.1, 0.15) is 0 Å². The fourth-order valence-electron chi connectivity index (χ4n) is 1.40. The van der Waals surface area contributed by atoms with E-state index < -0.39 is 0 Å². The third-order valence-corrected chi connectivity index (χ3v) is 2.67. The maximum Gasteiger partial charge on any atom is 0.231 e. The summed E-state index contributed by atoms with van der Waals surface area (Å²) in [5, 5.41) is 6.35. The summed E-state index contributed by atoms with van der Waals surface area (Å²) < 4.78 is 0. The molecule has 1 heterocycles. The Morgan fingerprint density at radius 3 is 2.11 bits per heavy atom. The first-order valence-corrected chi connectivity index (χ1v) is 6.66. The molecule has 1 rings (SSSR count). The van der Waals surface area contributed by atoms with Crippen molar-refractivity contribution in [1.82, 2.24) is 19.9 Å². The largest absolute Gasteiger partial charge is 0.354 e. The Labute approximate surface area is 115 Å². The molecule has 19 heavy (non-hydrogen) atoms. The molecule has 0 bridgehead atoms. The quantitative estimate of drug-likeness (QED) is 0.719. The molecule has 7 nitrogen and oxygen atoms in total. The highest BCUT2D eigenvalue weighted by Gasteiger charge is 2.07. The number of nitrogens with one attached hydrogen (secondary N) is 2. The highest BCUT2D eigenvalue weighted by Crippen LogP contribution is 2.10. The van der Waals surface area contributed by atoms with Crippen LogP contribution in [0.4, 0.5) is 17.8 Å². The van der Waals surface area contributed by atoms with Crippen LogP contribution in [0.1, 0.15) is 13.8 Å². The molecular weight excluding hydrogens is 242 g/mol. The minimum absolute atomic E-state index is 0.604. The molecule has 0 atom stereocenters. The molecule has 0 saturated heterocycles. The van der Waals surface area contributed by atoms with E-state index in [1.54, 1.807) is 0 Å². The summed E-state index contributed by atoms with van der Waals surface area (Å²) in [5.74, 6) is 1.86. The Kier molecular flexibility index (Phi) is 6.27.